The number of para-hydroxylation sites is 3. The van der Waals surface area contributed by atoms with Crippen molar-refractivity contribution in [2.24, 2.45) is 7.05 Å². The predicted molar refractivity (Wildman–Crippen MR) is 171 cm³/mol. The minimum atomic E-state index is 0.401. The molecule has 0 radical (unpaired) electrons. The van der Waals surface area contributed by atoms with Gasteiger partial charge in [0.1, 0.15) is 10.7 Å². The molecule has 0 N–H and O–H groups in total. The van der Waals surface area contributed by atoms with Crippen molar-refractivity contribution in [1.82, 2.24) is 9.55 Å². The molecule has 0 aliphatic rings. The van der Waals surface area contributed by atoms with Crippen LogP contribution in [0.5, 0.6) is 0 Å². The zero-order valence-electron chi connectivity index (χ0n) is 24.8. The highest BCUT2D eigenvalue weighted by Crippen LogP contribution is 2.40. The van der Waals surface area contributed by atoms with Gasteiger partial charge < -0.3 is 0 Å². The number of imidazole rings is 1. The van der Waals surface area contributed by atoms with Crippen molar-refractivity contribution in [3.63, 3.8) is 0 Å². The molecule has 0 aliphatic carbocycles. The predicted octanol–water partition coefficient (Wildman–Crippen LogP) is 9.57. The molecule has 0 saturated heterocycles. The summed E-state index contributed by atoms with van der Waals surface area (Å²) in [5, 5.41) is 1.10. The lowest BCUT2D eigenvalue weighted by atomic mass is 9.92. The SMILES string of the molecule is Cc1cc2nc(-c3c(C)cccc3C)sc2cc1-c1n(-c2c(C(C)C)cccc2C(C)C)c2ccccc2[n+]1C. The molecule has 202 valence electrons. The molecule has 6 aromatic rings. The van der Waals surface area contributed by atoms with E-state index in [1.54, 1.807) is 11.3 Å². The molecule has 4 heteroatoms. The number of fused-ring (bicyclic) bond motifs is 2. The summed E-state index contributed by atoms with van der Waals surface area (Å²) in [6.07, 6.45) is 0. The van der Waals surface area contributed by atoms with E-state index in [1.165, 1.54) is 66.2 Å². The van der Waals surface area contributed by atoms with Gasteiger partial charge in [-0.2, -0.15) is 4.57 Å². The number of hydrogen-bond donors (Lipinski definition) is 0. The summed E-state index contributed by atoms with van der Waals surface area (Å²) in [5.74, 6) is 2.01. The molecule has 6 rings (SSSR count). The lowest BCUT2D eigenvalue weighted by molar-refractivity contribution is -0.633. The first-order chi connectivity index (χ1) is 19.2. The second-order valence-corrected chi connectivity index (χ2v) is 12.8. The third-order valence-electron chi connectivity index (χ3n) is 8.25. The van der Waals surface area contributed by atoms with Crippen molar-refractivity contribution in [2.45, 2.75) is 60.3 Å². The van der Waals surface area contributed by atoms with Crippen LogP contribution in [0.1, 0.15) is 67.3 Å². The van der Waals surface area contributed by atoms with E-state index in [9.17, 15) is 0 Å². The first-order valence-corrected chi connectivity index (χ1v) is 15.1. The molecule has 4 aromatic carbocycles. The number of aromatic nitrogens is 3. The summed E-state index contributed by atoms with van der Waals surface area (Å²) in [6, 6.07) is 26.8. The standard InChI is InChI=1S/C36H38N3S/c1-21(2)26-15-12-16-27(22(3)4)34(26)39-31-18-10-9-17-30(31)38(8)36(39)28-20-32-29(19-25(28)7)37-35(40-32)33-23(5)13-11-14-24(33)6/h9-22H,1-8H3/q+1. The van der Waals surface area contributed by atoms with Crippen LogP contribution < -0.4 is 4.57 Å². The van der Waals surface area contributed by atoms with Gasteiger partial charge >= 0.3 is 0 Å². The van der Waals surface area contributed by atoms with Crippen LogP contribution in [0, 0.1) is 20.8 Å². The van der Waals surface area contributed by atoms with Crippen LogP contribution in [0.3, 0.4) is 0 Å². The molecule has 0 aliphatic heterocycles. The molecule has 0 amide bonds. The van der Waals surface area contributed by atoms with E-state index < -0.39 is 0 Å². The fourth-order valence-electron chi connectivity index (χ4n) is 6.19. The zero-order chi connectivity index (χ0) is 28.3. The maximum Gasteiger partial charge on any atom is 0.295 e. The fraction of sp³-hybridized carbons (Fsp3) is 0.278. The third kappa shape index (κ3) is 4.17. The Bertz CT molecular complexity index is 1860. The van der Waals surface area contributed by atoms with Gasteiger partial charge in [-0.3, -0.25) is 0 Å². The van der Waals surface area contributed by atoms with Crippen molar-refractivity contribution < 1.29 is 4.57 Å². The quantitative estimate of drug-likeness (QED) is 0.198. The second kappa shape index (κ2) is 10.0. The number of nitrogens with zero attached hydrogens (tertiary/aromatic N) is 3. The normalized spacial score (nSPS) is 11.9. The van der Waals surface area contributed by atoms with Crippen molar-refractivity contribution in [2.75, 3.05) is 0 Å². The Balaban J connectivity index is 1.68. The Morgan fingerprint density at radius 3 is 2.02 bits per heavy atom. The summed E-state index contributed by atoms with van der Waals surface area (Å²) in [7, 11) is 2.21. The van der Waals surface area contributed by atoms with Crippen LogP contribution in [0.25, 0.3) is 48.9 Å². The van der Waals surface area contributed by atoms with Gasteiger partial charge in [-0.25, -0.2) is 9.55 Å². The van der Waals surface area contributed by atoms with Crippen molar-refractivity contribution in [3.8, 4) is 27.6 Å². The largest absolute Gasteiger partial charge is 0.295 e. The van der Waals surface area contributed by atoms with Gasteiger partial charge in [0.25, 0.3) is 5.82 Å². The topological polar surface area (TPSA) is 21.7 Å². The Morgan fingerprint density at radius 2 is 1.38 bits per heavy atom. The highest BCUT2D eigenvalue weighted by Gasteiger charge is 2.31. The number of thiazole rings is 1. The highest BCUT2D eigenvalue weighted by atomic mass is 32.1. The molecule has 0 atom stereocenters. The zero-order valence-corrected chi connectivity index (χ0v) is 25.6. The van der Waals surface area contributed by atoms with Crippen LogP contribution in [-0.2, 0) is 7.05 Å². The van der Waals surface area contributed by atoms with Gasteiger partial charge in [0.05, 0.1) is 22.8 Å². The Hall–Kier alpha value is -3.76. The van der Waals surface area contributed by atoms with E-state index in [-0.39, 0.29) is 0 Å². The van der Waals surface area contributed by atoms with Crippen molar-refractivity contribution in [3.05, 3.63) is 101 Å². The highest BCUT2D eigenvalue weighted by molar-refractivity contribution is 7.21. The average Bonchev–Trinajstić information content (AvgIpc) is 3.45. The molecule has 0 spiro atoms. The first-order valence-electron chi connectivity index (χ1n) is 14.3. The van der Waals surface area contributed by atoms with Crippen LogP contribution >= 0.6 is 11.3 Å². The van der Waals surface area contributed by atoms with E-state index in [0.29, 0.717) is 11.8 Å². The van der Waals surface area contributed by atoms with Crippen LogP contribution in [0.15, 0.2) is 72.8 Å². The molecular formula is C36H38N3S+. The lowest BCUT2D eigenvalue weighted by Crippen LogP contribution is -2.30. The van der Waals surface area contributed by atoms with E-state index >= 15 is 0 Å². The number of rotatable bonds is 5. The molecule has 0 saturated carbocycles. The third-order valence-corrected chi connectivity index (χ3v) is 9.29. The molecule has 0 fully saturated rings. The molecule has 0 unspecified atom stereocenters. The van der Waals surface area contributed by atoms with Gasteiger partial charge in [-0.15, -0.1) is 11.3 Å². The van der Waals surface area contributed by atoms with Gasteiger partial charge in [-0.1, -0.05) is 76.2 Å². The average molecular weight is 545 g/mol. The van der Waals surface area contributed by atoms with Crippen LogP contribution in [0.4, 0.5) is 0 Å². The van der Waals surface area contributed by atoms with Crippen LogP contribution in [-0.4, -0.2) is 9.55 Å². The summed E-state index contributed by atoms with van der Waals surface area (Å²) >= 11 is 1.80. The molecule has 2 aromatic heterocycles. The maximum atomic E-state index is 5.13. The minimum Gasteiger partial charge on any atom is -0.236 e. The smallest absolute Gasteiger partial charge is 0.236 e. The fourth-order valence-corrected chi connectivity index (χ4v) is 7.35. The van der Waals surface area contributed by atoms with Gasteiger partial charge in [0.2, 0.25) is 0 Å². The molecule has 0 bridgehead atoms. The maximum absolute atomic E-state index is 5.13. The first kappa shape index (κ1) is 26.5. The van der Waals surface area contributed by atoms with E-state index in [2.05, 4.69) is 137 Å². The van der Waals surface area contributed by atoms with E-state index in [1.807, 2.05) is 0 Å². The summed E-state index contributed by atoms with van der Waals surface area (Å²) in [4.78, 5) is 5.13. The summed E-state index contributed by atoms with van der Waals surface area (Å²) in [5.41, 5.74) is 13.9. The minimum absolute atomic E-state index is 0.401. The van der Waals surface area contributed by atoms with Gasteiger partial charge in [0, 0.05) is 16.7 Å². The Morgan fingerprint density at radius 1 is 0.750 bits per heavy atom. The number of aryl methyl sites for hydroxylation is 4. The Labute approximate surface area is 241 Å². The number of benzene rings is 4. The molecule has 3 nitrogen and oxygen atoms in total. The van der Waals surface area contributed by atoms with Crippen molar-refractivity contribution >= 4 is 32.6 Å². The van der Waals surface area contributed by atoms with E-state index in [4.69, 9.17) is 4.98 Å². The van der Waals surface area contributed by atoms with Crippen LogP contribution in [0.2, 0.25) is 0 Å². The van der Waals surface area contributed by atoms with Gasteiger partial charge in [0.15, 0.2) is 11.0 Å². The molecular weight excluding hydrogens is 506 g/mol. The Kier molecular flexibility index (Phi) is 6.62. The van der Waals surface area contributed by atoms with Gasteiger partial charge in [-0.05, 0) is 73.6 Å². The molecule has 2 heterocycles. The van der Waals surface area contributed by atoms with Crippen molar-refractivity contribution in [1.29, 1.82) is 0 Å². The number of hydrogen-bond acceptors (Lipinski definition) is 2. The lowest BCUT2D eigenvalue weighted by Gasteiger charge is -2.18. The second-order valence-electron chi connectivity index (χ2n) is 11.7. The molecule has 40 heavy (non-hydrogen) atoms. The van der Waals surface area contributed by atoms with E-state index in [0.717, 1.165) is 10.5 Å². The summed E-state index contributed by atoms with van der Waals surface area (Å²) in [6.45, 7) is 15.8. The summed E-state index contributed by atoms with van der Waals surface area (Å²) < 4.78 is 6.12. The monoisotopic (exact) mass is 544 g/mol.